The summed E-state index contributed by atoms with van der Waals surface area (Å²) in [6.45, 7) is 6.22. The highest BCUT2D eigenvalue weighted by Crippen LogP contribution is 2.32. The molecule has 1 aromatic carbocycles. The number of nitrogens with zero attached hydrogens (tertiary/aromatic N) is 1. The molecule has 21 heavy (non-hydrogen) atoms. The van der Waals surface area contributed by atoms with Crippen LogP contribution in [-0.2, 0) is 4.74 Å². The minimum atomic E-state index is 0.318. The minimum Gasteiger partial charge on any atom is -0.454 e. The maximum atomic E-state index is 5.61. The Morgan fingerprint density at radius 3 is 2.95 bits per heavy atom. The SMILES string of the molecule is CCCN(C)CCCOC/C=C/c1ccc2c(c1)OCO2. The summed E-state index contributed by atoms with van der Waals surface area (Å²) >= 11 is 0. The number of ether oxygens (including phenoxy) is 3. The Labute approximate surface area is 127 Å². The van der Waals surface area contributed by atoms with Crippen molar-refractivity contribution in [2.24, 2.45) is 0 Å². The van der Waals surface area contributed by atoms with Gasteiger partial charge in [0.05, 0.1) is 6.61 Å². The van der Waals surface area contributed by atoms with Crippen molar-refractivity contribution in [3.63, 3.8) is 0 Å². The maximum absolute atomic E-state index is 5.61. The maximum Gasteiger partial charge on any atom is 0.231 e. The fraction of sp³-hybridized carbons (Fsp3) is 0.529. The first-order valence-electron chi connectivity index (χ1n) is 7.62. The summed E-state index contributed by atoms with van der Waals surface area (Å²) in [5.74, 6) is 1.64. The number of benzene rings is 1. The summed E-state index contributed by atoms with van der Waals surface area (Å²) in [7, 11) is 2.16. The van der Waals surface area contributed by atoms with E-state index in [0.29, 0.717) is 13.4 Å². The summed E-state index contributed by atoms with van der Waals surface area (Å²) in [6, 6.07) is 5.94. The van der Waals surface area contributed by atoms with Crippen molar-refractivity contribution in [1.29, 1.82) is 0 Å². The van der Waals surface area contributed by atoms with Crippen molar-refractivity contribution in [2.45, 2.75) is 19.8 Å². The topological polar surface area (TPSA) is 30.9 Å². The first-order chi connectivity index (χ1) is 10.3. The van der Waals surface area contributed by atoms with E-state index in [0.717, 1.165) is 43.2 Å². The van der Waals surface area contributed by atoms with Crippen LogP contribution in [0.25, 0.3) is 6.08 Å². The van der Waals surface area contributed by atoms with E-state index in [2.05, 4.69) is 18.9 Å². The smallest absolute Gasteiger partial charge is 0.231 e. The van der Waals surface area contributed by atoms with Gasteiger partial charge in [-0.3, -0.25) is 0 Å². The minimum absolute atomic E-state index is 0.318. The molecule has 0 N–H and O–H groups in total. The lowest BCUT2D eigenvalue weighted by atomic mass is 10.2. The predicted octanol–water partition coefficient (Wildman–Crippen LogP) is 3.18. The van der Waals surface area contributed by atoms with E-state index in [1.54, 1.807) is 0 Å². The summed E-state index contributed by atoms with van der Waals surface area (Å²) in [5.41, 5.74) is 1.10. The van der Waals surface area contributed by atoms with Crippen molar-refractivity contribution < 1.29 is 14.2 Å². The zero-order chi connectivity index (χ0) is 14.9. The van der Waals surface area contributed by atoms with Crippen LogP contribution in [0.5, 0.6) is 11.5 Å². The fourth-order valence-corrected chi connectivity index (χ4v) is 2.28. The van der Waals surface area contributed by atoms with E-state index in [-0.39, 0.29) is 0 Å². The van der Waals surface area contributed by atoms with E-state index < -0.39 is 0 Å². The van der Waals surface area contributed by atoms with E-state index in [4.69, 9.17) is 14.2 Å². The highest BCUT2D eigenvalue weighted by Gasteiger charge is 2.11. The van der Waals surface area contributed by atoms with Crippen LogP contribution in [0.3, 0.4) is 0 Å². The molecule has 0 unspecified atom stereocenters. The zero-order valence-corrected chi connectivity index (χ0v) is 13.0. The van der Waals surface area contributed by atoms with Gasteiger partial charge in [0.15, 0.2) is 11.5 Å². The lowest BCUT2D eigenvalue weighted by molar-refractivity contribution is 0.149. The molecule has 0 amide bonds. The molecule has 0 atom stereocenters. The molecule has 4 heteroatoms. The van der Waals surface area contributed by atoms with Gasteiger partial charge in [-0.1, -0.05) is 25.1 Å². The van der Waals surface area contributed by atoms with Crippen LogP contribution in [0.4, 0.5) is 0 Å². The summed E-state index contributed by atoms with van der Waals surface area (Å²) in [6.07, 6.45) is 6.36. The van der Waals surface area contributed by atoms with Crippen molar-refractivity contribution in [3.8, 4) is 11.5 Å². The standard InChI is InChI=1S/C17H25NO3/c1-3-9-18(2)10-5-12-19-11-4-6-15-7-8-16-17(13-15)21-14-20-16/h4,6-8,13H,3,5,9-12,14H2,1-2H3/b6-4+. The molecular formula is C17H25NO3. The van der Waals surface area contributed by atoms with Crippen molar-refractivity contribution in [2.75, 3.05) is 40.1 Å². The average molecular weight is 291 g/mol. The largest absolute Gasteiger partial charge is 0.454 e. The Kier molecular flexibility index (Phi) is 6.57. The third-order valence-corrected chi connectivity index (χ3v) is 3.35. The number of hydrogen-bond donors (Lipinski definition) is 0. The Hall–Kier alpha value is -1.52. The normalized spacial score (nSPS) is 13.5. The molecule has 1 aromatic rings. The molecule has 0 aliphatic carbocycles. The highest BCUT2D eigenvalue weighted by atomic mass is 16.7. The van der Waals surface area contributed by atoms with Crippen LogP contribution < -0.4 is 9.47 Å². The monoisotopic (exact) mass is 291 g/mol. The van der Waals surface area contributed by atoms with Crippen LogP contribution in [0.2, 0.25) is 0 Å². The number of rotatable bonds is 9. The second-order valence-corrected chi connectivity index (χ2v) is 5.25. The Bertz CT molecular complexity index is 459. The average Bonchev–Trinajstić information content (AvgIpc) is 2.94. The van der Waals surface area contributed by atoms with Gasteiger partial charge in [-0.05, 0) is 44.1 Å². The molecule has 2 rings (SSSR count). The van der Waals surface area contributed by atoms with Gasteiger partial charge in [0.1, 0.15) is 0 Å². The van der Waals surface area contributed by atoms with Crippen LogP contribution in [0, 0.1) is 0 Å². The predicted molar refractivity (Wildman–Crippen MR) is 84.8 cm³/mol. The molecule has 0 saturated heterocycles. The van der Waals surface area contributed by atoms with Gasteiger partial charge in [0, 0.05) is 13.2 Å². The second kappa shape index (κ2) is 8.70. The lowest BCUT2D eigenvalue weighted by Crippen LogP contribution is -2.21. The van der Waals surface area contributed by atoms with Gasteiger partial charge in [0.2, 0.25) is 6.79 Å². The van der Waals surface area contributed by atoms with Crippen molar-refractivity contribution in [3.05, 3.63) is 29.8 Å². The molecule has 0 bridgehead atoms. The summed E-state index contributed by atoms with van der Waals surface area (Å²) in [5, 5.41) is 0. The van der Waals surface area contributed by atoms with Gasteiger partial charge in [-0.25, -0.2) is 0 Å². The molecule has 0 radical (unpaired) electrons. The number of hydrogen-bond acceptors (Lipinski definition) is 4. The second-order valence-electron chi connectivity index (χ2n) is 5.25. The summed E-state index contributed by atoms with van der Waals surface area (Å²) < 4.78 is 16.2. The van der Waals surface area contributed by atoms with Gasteiger partial charge in [-0.2, -0.15) is 0 Å². The summed E-state index contributed by atoms with van der Waals surface area (Å²) in [4.78, 5) is 2.34. The van der Waals surface area contributed by atoms with Crippen LogP contribution >= 0.6 is 0 Å². The molecule has 116 valence electrons. The van der Waals surface area contributed by atoms with Gasteiger partial charge < -0.3 is 19.1 Å². The molecule has 0 fully saturated rings. The Morgan fingerprint density at radius 1 is 1.24 bits per heavy atom. The van der Waals surface area contributed by atoms with Crippen molar-refractivity contribution >= 4 is 6.08 Å². The van der Waals surface area contributed by atoms with E-state index in [1.165, 1.54) is 6.42 Å². The molecule has 0 spiro atoms. The highest BCUT2D eigenvalue weighted by molar-refractivity contribution is 5.56. The quantitative estimate of drug-likeness (QED) is 0.654. The molecule has 1 heterocycles. The fourth-order valence-electron chi connectivity index (χ4n) is 2.28. The third-order valence-electron chi connectivity index (χ3n) is 3.35. The van der Waals surface area contributed by atoms with E-state index in [9.17, 15) is 0 Å². The Balaban J connectivity index is 1.60. The third kappa shape index (κ3) is 5.40. The molecule has 0 aromatic heterocycles. The molecule has 1 aliphatic rings. The van der Waals surface area contributed by atoms with Gasteiger partial charge >= 0.3 is 0 Å². The van der Waals surface area contributed by atoms with Gasteiger partial charge in [0.25, 0.3) is 0 Å². The van der Waals surface area contributed by atoms with E-state index in [1.807, 2.05) is 30.4 Å². The van der Waals surface area contributed by atoms with Crippen LogP contribution in [0.15, 0.2) is 24.3 Å². The molecule has 0 saturated carbocycles. The lowest BCUT2D eigenvalue weighted by Gasteiger charge is -2.14. The molecule has 4 nitrogen and oxygen atoms in total. The van der Waals surface area contributed by atoms with Gasteiger partial charge in [-0.15, -0.1) is 0 Å². The zero-order valence-electron chi connectivity index (χ0n) is 13.0. The van der Waals surface area contributed by atoms with Crippen molar-refractivity contribution in [1.82, 2.24) is 4.90 Å². The van der Waals surface area contributed by atoms with E-state index >= 15 is 0 Å². The van der Waals surface area contributed by atoms with Crippen LogP contribution in [-0.4, -0.2) is 45.0 Å². The molecular weight excluding hydrogens is 266 g/mol. The number of fused-ring (bicyclic) bond motifs is 1. The first-order valence-corrected chi connectivity index (χ1v) is 7.62. The molecule has 1 aliphatic heterocycles. The first kappa shape index (κ1) is 15.9. The van der Waals surface area contributed by atoms with Crippen LogP contribution in [0.1, 0.15) is 25.3 Å². The Morgan fingerprint density at radius 2 is 2.10 bits per heavy atom.